The van der Waals surface area contributed by atoms with Crippen molar-refractivity contribution in [1.82, 2.24) is 14.9 Å². The first-order valence-electron chi connectivity index (χ1n) is 13.3. The molecule has 2 aliphatic rings. The Labute approximate surface area is 232 Å². The molecule has 1 spiro atoms. The second-order valence-corrected chi connectivity index (χ2v) is 12.4. The molecule has 1 saturated carbocycles. The van der Waals surface area contributed by atoms with Crippen molar-refractivity contribution in [1.29, 1.82) is 0 Å². The predicted octanol–water partition coefficient (Wildman–Crippen LogP) is 6.56. The summed E-state index contributed by atoms with van der Waals surface area (Å²) in [6.45, 7) is 9.76. The maximum absolute atomic E-state index is 14.2. The predicted molar refractivity (Wildman–Crippen MR) is 149 cm³/mol. The lowest BCUT2D eigenvalue weighted by atomic mass is 9.79. The highest BCUT2D eigenvalue weighted by Gasteiger charge is 2.52. The van der Waals surface area contributed by atoms with Crippen molar-refractivity contribution < 1.29 is 18.7 Å². The fourth-order valence-corrected chi connectivity index (χ4v) is 5.44. The first-order valence-corrected chi connectivity index (χ1v) is 14.1. The van der Waals surface area contributed by atoms with E-state index in [4.69, 9.17) is 4.74 Å². The maximum Gasteiger partial charge on any atom is 0.410 e. The number of aromatic nitrogens is 2. The quantitative estimate of drug-likeness (QED) is 0.338. The first kappa shape index (κ1) is 28.3. The van der Waals surface area contributed by atoms with Crippen LogP contribution in [0.2, 0.25) is 0 Å². The normalized spacial score (nSPS) is 18.3. The Balaban J connectivity index is 1.25. The fraction of sp³-hybridized carbons (Fsp3) is 0.571. The van der Waals surface area contributed by atoms with Crippen LogP contribution in [0, 0.1) is 24.1 Å². The molecule has 2 amide bonds. The third-order valence-corrected chi connectivity index (χ3v) is 7.76. The number of hydrogen-bond donors (Lipinski definition) is 2. The lowest BCUT2D eigenvalue weighted by Crippen LogP contribution is -2.46. The van der Waals surface area contributed by atoms with Gasteiger partial charge < -0.3 is 20.3 Å². The summed E-state index contributed by atoms with van der Waals surface area (Å²) in [4.78, 5) is 35.8. The van der Waals surface area contributed by atoms with Gasteiger partial charge in [0.25, 0.3) is 5.91 Å². The van der Waals surface area contributed by atoms with E-state index < -0.39 is 17.3 Å². The van der Waals surface area contributed by atoms with Gasteiger partial charge in [0, 0.05) is 35.9 Å². The highest BCUT2D eigenvalue weighted by Crippen LogP contribution is 2.58. The lowest BCUT2D eigenvalue weighted by Gasteiger charge is -2.39. The van der Waals surface area contributed by atoms with Gasteiger partial charge >= 0.3 is 6.09 Å². The number of nitrogens with zero attached hydrogens (tertiary/aromatic N) is 3. The number of piperidine rings is 1. The number of unbranched alkanes of at least 4 members (excludes halogenated alkanes) is 1. The van der Waals surface area contributed by atoms with Crippen LogP contribution in [0.5, 0.6) is 0 Å². The molecule has 2 heterocycles. The first-order chi connectivity index (χ1) is 17.9. The molecular weight excluding hydrogens is 553 g/mol. The van der Waals surface area contributed by atoms with Gasteiger partial charge in [-0.3, -0.25) is 4.79 Å². The standard InChI is InChI=1S/C28H37BrFN5O3/c1-18-15-23(33-24(36)21-9-8-20(29)16-22(21)30)34-25(32-18)31-13-6-5-7-19-17-35(14-12-28(19)10-11-28)26(37)38-27(2,3)4/h8-9,15-16,19H,5-7,10-14,17H2,1-4H3,(H2,31,32,33,34,36). The van der Waals surface area contributed by atoms with Gasteiger partial charge in [0.1, 0.15) is 17.2 Å². The van der Waals surface area contributed by atoms with Crippen LogP contribution in [-0.4, -0.2) is 52.1 Å². The molecule has 0 radical (unpaired) electrons. The Morgan fingerprint density at radius 3 is 2.63 bits per heavy atom. The lowest BCUT2D eigenvalue weighted by molar-refractivity contribution is 0.00656. The SMILES string of the molecule is Cc1cc(NC(=O)c2ccc(Br)cc2F)nc(NCCCCC2CN(C(=O)OC(C)(C)C)CCC23CC3)n1. The molecule has 1 aliphatic heterocycles. The Morgan fingerprint density at radius 1 is 1.18 bits per heavy atom. The minimum atomic E-state index is -0.610. The van der Waals surface area contributed by atoms with E-state index in [9.17, 15) is 14.0 Å². The second-order valence-electron chi connectivity index (χ2n) is 11.5. The number of hydrogen-bond acceptors (Lipinski definition) is 6. The molecule has 2 N–H and O–H groups in total. The highest BCUT2D eigenvalue weighted by atomic mass is 79.9. The molecule has 10 heteroatoms. The zero-order valence-corrected chi connectivity index (χ0v) is 24.2. The minimum Gasteiger partial charge on any atom is -0.444 e. The molecule has 1 aromatic carbocycles. The zero-order chi connectivity index (χ0) is 27.5. The summed E-state index contributed by atoms with van der Waals surface area (Å²) in [5, 5.41) is 5.91. The summed E-state index contributed by atoms with van der Waals surface area (Å²) in [6.07, 6.45) is 6.40. The second kappa shape index (κ2) is 11.6. The van der Waals surface area contributed by atoms with Gasteiger partial charge in [-0.1, -0.05) is 22.4 Å². The van der Waals surface area contributed by atoms with Crippen molar-refractivity contribution in [3.05, 3.63) is 45.8 Å². The van der Waals surface area contributed by atoms with E-state index in [1.165, 1.54) is 25.0 Å². The number of nitrogens with one attached hydrogen (secondary N) is 2. The number of anilines is 2. The molecule has 1 aliphatic carbocycles. The van der Waals surface area contributed by atoms with E-state index in [-0.39, 0.29) is 11.7 Å². The topological polar surface area (TPSA) is 96.5 Å². The fourth-order valence-electron chi connectivity index (χ4n) is 5.11. The van der Waals surface area contributed by atoms with Gasteiger partial charge in [-0.15, -0.1) is 0 Å². The Bertz CT molecular complexity index is 1180. The molecule has 0 bridgehead atoms. The molecule has 206 valence electrons. The van der Waals surface area contributed by atoms with Gasteiger partial charge in [-0.25, -0.2) is 14.2 Å². The number of carbonyl (C=O) groups is 2. The van der Waals surface area contributed by atoms with Crippen LogP contribution in [-0.2, 0) is 4.74 Å². The number of amides is 2. The number of aryl methyl sites for hydroxylation is 1. The van der Waals surface area contributed by atoms with E-state index in [1.807, 2.05) is 32.6 Å². The monoisotopic (exact) mass is 589 g/mol. The van der Waals surface area contributed by atoms with Crippen LogP contribution in [0.15, 0.2) is 28.7 Å². The third kappa shape index (κ3) is 7.42. The van der Waals surface area contributed by atoms with E-state index in [2.05, 4.69) is 36.5 Å². The maximum atomic E-state index is 14.2. The molecule has 4 rings (SSSR count). The van der Waals surface area contributed by atoms with Crippen molar-refractivity contribution in [3.8, 4) is 0 Å². The Morgan fingerprint density at radius 2 is 1.95 bits per heavy atom. The summed E-state index contributed by atoms with van der Waals surface area (Å²) in [5.41, 5.74) is 0.560. The molecule has 38 heavy (non-hydrogen) atoms. The molecular formula is C28H37BrFN5O3. The van der Waals surface area contributed by atoms with Crippen LogP contribution < -0.4 is 10.6 Å². The average Bonchev–Trinajstić information content (AvgIpc) is 3.58. The summed E-state index contributed by atoms with van der Waals surface area (Å²) in [6, 6.07) is 5.94. The van der Waals surface area contributed by atoms with Gasteiger partial charge in [0.05, 0.1) is 5.56 Å². The Kier molecular flexibility index (Phi) is 8.59. The molecule has 8 nitrogen and oxygen atoms in total. The third-order valence-electron chi connectivity index (χ3n) is 7.26. The van der Waals surface area contributed by atoms with Crippen LogP contribution in [0.3, 0.4) is 0 Å². The molecule has 2 fully saturated rings. The van der Waals surface area contributed by atoms with Crippen molar-refractivity contribution in [2.75, 3.05) is 30.3 Å². The number of ether oxygens (including phenoxy) is 1. The van der Waals surface area contributed by atoms with Crippen LogP contribution in [0.4, 0.5) is 21.0 Å². The van der Waals surface area contributed by atoms with Crippen molar-refractivity contribution in [2.45, 2.75) is 71.8 Å². The minimum absolute atomic E-state index is 0.0552. The molecule has 1 unspecified atom stereocenters. The van der Waals surface area contributed by atoms with E-state index in [1.54, 1.807) is 12.1 Å². The van der Waals surface area contributed by atoms with Gasteiger partial charge in [-0.05, 0) is 89.3 Å². The molecule has 2 aromatic rings. The molecule has 1 aromatic heterocycles. The number of benzene rings is 1. The van der Waals surface area contributed by atoms with E-state index in [0.29, 0.717) is 39.8 Å². The average molecular weight is 591 g/mol. The zero-order valence-electron chi connectivity index (χ0n) is 22.6. The highest BCUT2D eigenvalue weighted by molar-refractivity contribution is 9.10. The Hall–Kier alpha value is -2.75. The van der Waals surface area contributed by atoms with Crippen molar-refractivity contribution in [2.24, 2.45) is 11.3 Å². The van der Waals surface area contributed by atoms with Gasteiger partial charge in [0.2, 0.25) is 5.95 Å². The van der Waals surface area contributed by atoms with Crippen molar-refractivity contribution in [3.63, 3.8) is 0 Å². The summed E-state index contributed by atoms with van der Waals surface area (Å²) >= 11 is 3.19. The van der Waals surface area contributed by atoms with E-state index >= 15 is 0 Å². The van der Waals surface area contributed by atoms with Crippen LogP contribution in [0.25, 0.3) is 0 Å². The molecule has 1 atom stereocenters. The summed E-state index contributed by atoms with van der Waals surface area (Å²) in [5.74, 6) is 0.0540. The van der Waals surface area contributed by atoms with Gasteiger partial charge in [-0.2, -0.15) is 4.98 Å². The van der Waals surface area contributed by atoms with E-state index in [0.717, 1.165) is 38.8 Å². The van der Waals surface area contributed by atoms with Crippen molar-refractivity contribution >= 4 is 39.7 Å². The molecule has 1 saturated heterocycles. The van der Waals surface area contributed by atoms with Gasteiger partial charge in [0.15, 0.2) is 0 Å². The largest absolute Gasteiger partial charge is 0.444 e. The number of halogens is 2. The van der Waals surface area contributed by atoms with Crippen LogP contribution in [0.1, 0.15) is 75.3 Å². The number of likely N-dealkylation sites (tertiary alicyclic amines) is 1. The number of rotatable bonds is 8. The summed E-state index contributed by atoms with van der Waals surface area (Å²) in [7, 11) is 0. The van der Waals surface area contributed by atoms with Crippen LogP contribution >= 0.6 is 15.9 Å². The summed E-state index contributed by atoms with van der Waals surface area (Å²) < 4.78 is 20.3. The smallest absolute Gasteiger partial charge is 0.410 e. The number of carbonyl (C=O) groups excluding carboxylic acids is 2.